The van der Waals surface area contributed by atoms with Crippen molar-refractivity contribution in [1.29, 1.82) is 5.26 Å². The molecule has 186 valence electrons. The summed E-state index contributed by atoms with van der Waals surface area (Å²) in [5.74, 6) is -0.725. The van der Waals surface area contributed by atoms with Gasteiger partial charge in [0.15, 0.2) is 0 Å². The summed E-state index contributed by atoms with van der Waals surface area (Å²) in [7, 11) is 0. The molecule has 9 nitrogen and oxygen atoms in total. The SMILES string of the molecule is C[C@@H]1CN(C(=O)c2cc(C#N)cc(NC(=O)Cn3nc(-c4ccc(Cl)cc4)ccc3=O)c2)CCN1.Cl. The Kier molecular flexibility index (Phi) is 8.83. The summed E-state index contributed by atoms with van der Waals surface area (Å²) in [6.07, 6.45) is 0. The first-order valence-corrected chi connectivity index (χ1v) is 11.4. The van der Waals surface area contributed by atoms with Gasteiger partial charge in [0.25, 0.3) is 11.5 Å². The zero-order valence-corrected chi connectivity index (χ0v) is 21.0. The van der Waals surface area contributed by atoms with Crippen molar-refractivity contribution in [3.05, 3.63) is 81.1 Å². The molecule has 1 aliphatic rings. The van der Waals surface area contributed by atoms with Gasteiger partial charge in [-0.25, -0.2) is 4.68 Å². The van der Waals surface area contributed by atoms with Crippen LogP contribution in [0.2, 0.25) is 5.02 Å². The minimum Gasteiger partial charge on any atom is -0.336 e. The Morgan fingerprint density at radius 1 is 1.19 bits per heavy atom. The second kappa shape index (κ2) is 11.8. The van der Waals surface area contributed by atoms with Crippen molar-refractivity contribution in [2.24, 2.45) is 0 Å². The van der Waals surface area contributed by atoms with Gasteiger partial charge in [-0.1, -0.05) is 23.7 Å². The van der Waals surface area contributed by atoms with Crippen molar-refractivity contribution in [2.45, 2.75) is 19.5 Å². The van der Waals surface area contributed by atoms with Gasteiger partial charge in [-0.3, -0.25) is 14.4 Å². The van der Waals surface area contributed by atoms with Crippen LogP contribution in [0.1, 0.15) is 22.8 Å². The Morgan fingerprint density at radius 3 is 2.64 bits per heavy atom. The van der Waals surface area contributed by atoms with Crippen molar-refractivity contribution >= 4 is 41.5 Å². The number of nitrogens with one attached hydrogen (secondary N) is 2. The molecule has 1 atom stereocenters. The molecule has 4 rings (SSSR count). The summed E-state index contributed by atoms with van der Waals surface area (Å²) in [6.45, 7) is 3.45. The summed E-state index contributed by atoms with van der Waals surface area (Å²) in [6, 6.07) is 16.6. The number of anilines is 1. The van der Waals surface area contributed by atoms with Crippen LogP contribution in [0.4, 0.5) is 5.69 Å². The van der Waals surface area contributed by atoms with Crippen LogP contribution in [0, 0.1) is 11.3 Å². The van der Waals surface area contributed by atoms with E-state index in [0.29, 0.717) is 41.6 Å². The number of halogens is 2. The molecule has 0 aliphatic carbocycles. The highest BCUT2D eigenvalue weighted by Crippen LogP contribution is 2.19. The van der Waals surface area contributed by atoms with E-state index in [-0.39, 0.29) is 36.5 Å². The maximum absolute atomic E-state index is 13.0. The monoisotopic (exact) mass is 526 g/mol. The normalized spacial score (nSPS) is 14.9. The van der Waals surface area contributed by atoms with E-state index in [1.165, 1.54) is 24.3 Å². The zero-order valence-electron chi connectivity index (χ0n) is 19.4. The molecule has 36 heavy (non-hydrogen) atoms. The molecule has 1 aliphatic heterocycles. The molecule has 1 saturated heterocycles. The Balaban J connectivity index is 0.00000361. The first-order valence-electron chi connectivity index (χ1n) is 11.0. The predicted octanol–water partition coefficient (Wildman–Crippen LogP) is 2.93. The van der Waals surface area contributed by atoms with Gasteiger partial charge in [-0.15, -0.1) is 12.4 Å². The summed E-state index contributed by atoms with van der Waals surface area (Å²) < 4.78 is 1.06. The van der Waals surface area contributed by atoms with Gasteiger partial charge in [0, 0.05) is 53.6 Å². The number of carbonyl (C=O) groups is 2. The molecular formula is C25H24Cl2N6O3. The van der Waals surface area contributed by atoms with Gasteiger partial charge >= 0.3 is 0 Å². The lowest BCUT2D eigenvalue weighted by Gasteiger charge is -2.32. The fourth-order valence-electron chi connectivity index (χ4n) is 3.86. The molecular weight excluding hydrogens is 503 g/mol. The van der Waals surface area contributed by atoms with Gasteiger partial charge in [0.2, 0.25) is 5.91 Å². The topological polar surface area (TPSA) is 120 Å². The molecule has 0 spiro atoms. The summed E-state index contributed by atoms with van der Waals surface area (Å²) in [5, 5.41) is 20.2. The van der Waals surface area contributed by atoms with Gasteiger partial charge in [-0.2, -0.15) is 10.4 Å². The molecule has 0 saturated carbocycles. The highest BCUT2D eigenvalue weighted by Gasteiger charge is 2.22. The molecule has 2 aromatic carbocycles. The zero-order chi connectivity index (χ0) is 24.9. The summed E-state index contributed by atoms with van der Waals surface area (Å²) in [5.41, 5.74) is 1.67. The fourth-order valence-corrected chi connectivity index (χ4v) is 3.99. The standard InChI is InChI=1S/C25H23ClN6O3.ClH/c1-16-14-31(9-8-28-16)25(35)19-10-17(13-27)11-21(12-19)29-23(33)15-32-24(34)7-6-22(30-32)18-2-4-20(26)5-3-18;/h2-7,10-12,16,28H,8-9,14-15H2,1H3,(H,29,33);1H/t16-;/m1./s1. The molecule has 1 fully saturated rings. The van der Waals surface area contributed by atoms with E-state index in [1.54, 1.807) is 35.2 Å². The average molecular weight is 527 g/mol. The molecule has 2 heterocycles. The molecule has 11 heteroatoms. The number of carbonyl (C=O) groups excluding carboxylic acids is 2. The Bertz CT molecular complexity index is 1370. The highest BCUT2D eigenvalue weighted by atomic mass is 35.5. The third-order valence-electron chi connectivity index (χ3n) is 5.55. The minimum absolute atomic E-state index is 0. The van der Waals surface area contributed by atoms with Crippen LogP contribution in [0.3, 0.4) is 0 Å². The Labute approximate surface area is 219 Å². The number of piperazine rings is 1. The maximum Gasteiger partial charge on any atom is 0.267 e. The van der Waals surface area contributed by atoms with Crippen molar-refractivity contribution in [1.82, 2.24) is 20.0 Å². The van der Waals surface area contributed by atoms with E-state index in [0.717, 1.165) is 10.2 Å². The predicted molar refractivity (Wildman–Crippen MR) is 139 cm³/mol. The quantitative estimate of drug-likeness (QED) is 0.527. The van der Waals surface area contributed by atoms with Crippen LogP contribution in [0.5, 0.6) is 0 Å². The number of benzene rings is 2. The first-order chi connectivity index (χ1) is 16.8. The second-order valence-corrected chi connectivity index (χ2v) is 8.72. The van der Waals surface area contributed by atoms with Crippen LogP contribution in [0.25, 0.3) is 11.3 Å². The van der Waals surface area contributed by atoms with E-state index in [1.807, 2.05) is 13.0 Å². The maximum atomic E-state index is 13.0. The number of nitrogens with zero attached hydrogens (tertiary/aromatic N) is 4. The number of rotatable bonds is 5. The van der Waals surface area contributed by atoms with Crippen molar-refractivity contribution in [3.8, 4) is 17.3 Å². The molecule has 1 aromatic heterocycles. The number of aromatic nitrogens is 2. The largest absolute Gasteiger partial charge is 0.336 e. The van der Waals surface area contributed by atoms with E-state index < -0.39 is 11.5 Å². The Morgan fingerprint density at radius 2 is 1.94 bits per heavy atom. The lowest BCUT2D eigenvalue weighted by molar-refractivity contribution is -0.117. The number of nitriles is 1. The Hall–Kier alpha value is -3.71. The van der Waals surface area contributed by atoms with Gasteiger partial charge in [0.05, 0.1) is 17.3 Å². The average Bonchev–Trinajstić information content (AvgIpc) is 2.85. The number of amides is 2. The lowest BCUT2D eigenvalue weighted by Crippen LogP contribution is -2.51. The van der Waals surface area contributed by atoms with E-state index >= 15 is 0 Å². The van der Waals surface area contributed by atoms with Crippen molar-refractivity contribution in [3.63, 3.8) is 0 Å². The number of hydrogen-bond acceptors (Lipinski definition) is 6. The van der Waals surface area contributed by atoms with E-state index in [2.05, 4.69) is 15.7 Å². The van der Waals surface area contributed by atoms with Crippen LogP contribution in [0.15, 0.2) is 59.4 Å². The molecule has 0 bridgehead atoms. The fraction of sp³-hybridized carbons (Fsp3) is 0.240. The number of hydrogen-bond donors (Lipinski definition) is 2. The van der Waals surface area contributed by atoms with Gasteiger partial charge < -0.3 is 15.5 Å². The summed E-state index contributed by atoms with van der Waals surface area (Å²) in [4.78, 5) is 39.7. The first kappa shape index (κ1) is 26.9. The van der Waals surface area contributed by atoms with Gasteiger partial charge in [0.1, 0.15) is 6.54 Å². The molecule has 0 unspecified atom stereocenters. The second-order valence-electron chi connectivity index (χ2n) is 8.29. The molecule has 2 amide bonds. The molecule has 0 radical (unpaired) electrons. The smallest absolute Gasteiger partial charge is 0.267 e. The van der Waals surface area contributed by atoms with Crippen molar-refractivity contribution in [2.75, 3.05) is 25.0 Å². The van der Waals surface area contributed by atoms with Gasteiger partial charge in [-0.05, 0) is 43.3 Å². The summed E-state index contributed by atoms with van der Waals surface area (Å²) >= 11 is 5.93. The van der Waals surface area contributed by atoms with Crippen LogP contribution < -0.4 is 16.2 Å². The van der Waals surface area contributed by atoms with E-state index in [9.17, 15) is 19.6 Å². The van der Waals surface area contributed by atoms with Crippen molar-refractivity contribution < 1.29 is 9.59 Å². The third-order valence-corrected chi connectivity index (χ3v) is 5.80. The lowest BCUT2D eigenvalue weighted by atomic mass is 10.1. The van der Waals surface area contributed by atoms with Crippen LogP contribution >= 0.6 is 24.0 Å². The molecule has 3 aromatic rings. The van der Waals surface area contributed by atoms with Crippen LogP contribution in [-0.2, 0) is 11.3 Å². The highest BCUT2D eigenvalue weighted by molar-refractivity contribution is 6.30. The molecule has 2 N–H and O–H groups in total. The van der Waals surface area contributed by atoms with E-state index in [4.69, 9.17) is 11.6 Å². The minimum atomic E-state index is -0.517. The van der Waals surface area contributed by atoms with Crippen LogP contribution in [-0.4, -0.2) is 52.2 Å². The third kappa shape index (κ3) is 6.49.